The van der Waals surface area contributed by atoms with Crippen molar-refractivity contribution < 1.29 is 13.6 Å². The molecule has 0 spiro atoms. The summed E-state index contributed by atoms with van der Waals surface area (Å²) in [7, 11) is 1.66. The maximum atomic E-state index is 13.9. The van der Waals surface area contributed by atoms with Crippen LogP contribution in [0.1, 0.15) is 13.3 Å². The normalized spacial score (nSPS) is 15.3. The standard InChI is InChI=1S/C17H25F2N5O/c1-3-6-21-16(25)12-22-17(20-2)24-9-7-23(8-10-24)15-11-13(18)4-5-14(15)19/h4-5,11H,3,6-10,12H2,1-2H3,(H,20,22)(H,21,25). The Morgan fingerprint density at radius 2 is 1.92 bits per heavy atom. The zero-order valence-electron chi connectivity index (χ0n) is 14.7. The molecule has 1 aliphatic heterocycles. The van der Waals surface area contributed by atoms with Crippen molar-refractivity contribution in [2.75, 3.05) is 51.2 Å². The topological polar surface area (TPSA) is 60.0 Å². The lowest BCUT2D eigenvalue weighted by molar-refractivity contribution is -0.120. The van der Waals surface area contributed by atoms with Gasteiger partial charge in [-0.3, -0.25) is 9.79 Å². The van der Waals surface area contributed by atoms with Gasteiger partial charge in [-0.05, 0) is 18.6 Å². The van der Waals surface area contributed by atoms with Gasteiger partial charge in [0.2, 0.25) is 5.91 Å². The summed E-state index contributed by atoms with van der Waals surface area (Å²) in [5.74, 6) is -0.325. The molecule has 1 heterocycles. The SMILES string of the molecule is CCCNC(=O)CNC(=NC)N1CCN(c2cc(F)ccc2F)CC1. The maximum absolute atomic E-state index is 13.9. The summed E-state index contributed by atoms with van der Waals surface area (Å²) < 4.78 is 27.2. The van der Waals surface area contributed by atoms with Crippen LogP contribution in [0.25, 0.3) is 0 Å². The van der Waals surface area contributed by atoms with Crippen molar-refractivity contribution >= 4 is 17.6 Å². The Hall–Kier alpha value is -2.38. The molecule has 138 valence electrons. The number of piperazine rings is 1. The van der Waals surface area contributed by atoms with Crippen molar-refractivity contribution in [3.05, 3.63) is 29.8 Å². The maximum Gasteiger partial charge on any atom is 0.239 e. The lowest BCUT2D eigenvalue weighted by Crippen LogP contribution is -2.53. The second-order valence-electron chi connectivity index (χ2n) is 5.82. The summed E-state index contributed by atoms with van der Waals surface area (Å²) in [5.41, 5.74) is 0.279. The molecule has 8 heteroatoms. The fourth-order valence-corrected chi connectivity index (χ4v) is 2.71. The van der Waals surface area contributed by atoms with E-state index < -0.39 is 11.6 Å². The molecule has 0 unspecified atom stereocenters. The lowest BCUT2D eigenvalue weighted by atomic mass is 10.2. The first kappa shape index (κ1) is 19.0. The molecule has 1 amide bonds. The molecule has 1 aromatic rings. The highest BCUT2D eigenvalue weighted by molar-refractivity contribution is 5.86. The van der Waals surface area contributed by atoms with E-state index in [2.05, 4.69) is 15.6 Å². The summed E-state index contributed by atoms with van der Waals surface area (Å²) in [6, 6.07) is 3.48. The minimum atomic E-state index is -0.450. The molecule has 1 saturated heterocycles. The van der Waals surface area contributed by atoms with Crippen LogP contribution in [0.5, 0.6) is 0 Å². The highest BCUT2D eigenvalue weighted by Gasteiger charge is 2.22. The summed E-state index contributed by atoms with van der Waals surface area (Å²) in [4.78, 5) is 19.7. The highest BCUT2D eigenvalue weighted by atomic mass is 19.1. The number of hydrogen-bond acceptors (Lipinski definition) is 3. The highest BCUT2D eigenvalue weighted by Crippen LogP contribution is 2.21. The third-order valence-electron chi connectivity index (χ3n) is 4.02. The van der Waals surface area contributed by atoms with Crippen LogP contribution in [-0.4, -0.2) is 63.1 Å². The zero-order valence-corrected chi connectivity index (χ0v) is 14.7. The fraction of sp³-hybridized carbons (Fsp3) is 0.529. The third-order valence-corrected chi connectivity index (χ3v) is 4.02. The minimum Gasteiger partial charge on any atom is -0.366 e. The molecule has 0 atom stereocenters. The van der Waals surface area contributed by atoms with E-state index in [4.69, 9.17) is 0 Å². The van der Waals surface area contributed by atoms with Gasteiger partial charge < -0.3 is 20.4 Å². The van der Waals surface area contributed by atoms with Gasteiger partial charge >= 0.3 is 0 Å². The van der Waals surface area contributed by atoms with Gasteiger partial charge in [0.1, 0.15) is 11.6 Å². The molecule has 0 bridgehead atoms. The number of carbonyl (C=O) groups excluding carboxylic acids is 1. The fourth-order valence-electron chi connectivity index (χ4n) is 2.71. The van der Waals surface area contributed by atoms with Crippen LogP contribution in [0.3, 0.4) is 0 Å². The van der Waals surface area contributed by atoms with E-state index in [0.717, 1.165) is 18.6 Å². The second-order valence-corrected chi connectivity index (χ2v) is 5.82. The Bertz CT molecular complexity index is 615. The number of halogens is 2. The average molecular weight is 353 g/mol. The Morgan fingerprint density at radius 3 is 2.56 bits per heavy atom. The van der Waals surface area contributed by atoms with Crippen molar-refractivity contribution in [1.29, 1.82) is 0 Å². The molecular weight excluding hydrogens is 328 g/mol. The van der Waals surface area contributed by atoms with E-state index in [1.54, 1.807) is 7.05 Å². The Labute approximate surface area is 146 Å². The molecule has 2 rings (SSSR count). The second kappa shape index (κ2) is 9.19. The Kier molecular flexibility index (Phi) is 6.97. The van der Waals surface area contributed by atoms with Crippen molar-refractivity contribution in [3.63, 3.8) is 0 Å². The predicted molar refractivity (Wildman–Crippen MR) is 94.8 cm³/mol. The van der Waals surface area contributed by atoms with E-state index in [0.29, 0.717) is 38.7 Å². The van der Waals surface area contributed by atoms with Crippen LogP contribution in [-0.2, 0) is 4.79 Å². The van der Waals surface area contributed by atoms with Crippen molar-refractivity contribution in [3.8, 4) is 0 Å². The number of hydrogen-bond donors (Lipinski definition) is 2. The third kappa shape index (κ3) is 5.30. The number of carbonyl (C=O) groups is 1. The number of amides is 1. The number of aliphatic imine (C=N–C) groups is 1. The summed E-state index contributed by atoms with van der Waals surface area (Å²) >= 11 is 0. The zero-order chi connectivity index (χ0) is 18.2. The van der Waals surface area contributed by atoms with Crippen LogP contribution < -0.4 is 15.5 Å². The molecular formula is C17H25F2N5O. The minimum absolute atomic E-state index is 0.0801. The predicted octanol–water partition coefficient (Wildman–Crippen LogP) is 1.19. The number of nitrogens with one attached hydrogen (secondary N) is 2. The van der Waals surface area contributed by atoms with E-state index in [1.165, 1.54) is 6.07 Å². The number of guanidine groups is 1. The van der Waals surface area contributed by atoms with Gasteiger partial charge in [0.25, 0.3) is 0 Å². The molecule has 1 aliphatic rings. The van der Waals surface area contributed by atoms with Gasteiger partial charge in [0, 0.05) is 45.8 Å². The molecule has 0 aromatic heterocycles. The van der Waals surface area contributed by atoms with Crippen LogP contribution in [0.4, 0.5) is 14.5 Å². The van der Waals surface area contributed by atoms with Gasteiger partial charge in [0.15, 0.2) is 5.96 Å². The molecule has 0 aliphatic carbocycles. The average Bonchev–Trinajstić information content (AvgIpc) is 2.63. The summed E-state index contributed by atoms with van der Waals surface area (Å²) in [6.07, 6.45) is 0.888. The molecule has 0 saturated carbocycles. The first-order chi connectivity index (χ1) is 12.0. The van der Waals surface area contributed by atoms with Gasteiger partial charge in [-0.1, -0.05) is 6.92 Å². The van der Waals surface area contributed by atoms with Gasteiger partial charge in [-0.15, -0.1) is 0 Å². The van der Waals surface area contributed by atoms with Crippen LogP contribution in [0.2, 0.25) is 0 Å². The van der Waals surface area contributed by atoms with Crippen molar-refractivity contribution in [2.24, 2.45) is 4.99 Å². The lowest BCUT2D eigenvalue weighted by Gasteiger charge is -2.37. The van der Waals surface area contributed by atoms with E-state index in [-0.39, 0.29) is 18.1 Å². The van der Waals surface area contributed by atoms with Crippen LogP contribution in [0.15, 0.2) is 23.2 Å². The molecule has 25 heavy (non-hydrogen) atoms. The molecule has 6 nitrogen and oxygen atoms in total. The monoisotopic (exact) mass is 353 g/mol. The Balaban J connectivity index is 1.87. The van der Waals surface area contributed by atoms with Crippen LogP contribution in [0, 0.1) is 11.6 Å². The molecule has 1 aromatic carbocycles. The van der Waals surface area contributed by atoms with Gasteiger partial charge in [-0.25, -0.2) is 8.78 Å². The van der Waals surface area contributed by atoms with E-state index >= 15 is 0 Å². The molecule has 1 fully saturated rings. The smallest absolute Gasteiger partial charge is 0.239 e. The van der Waals surface area contributed by atoms with Gasteiger partial charge in [-0.2, -0.15) is 0 Å². The number of benzene rings is 1. The number of rotatable bonds is 5. The van der Waals surface area contributed by atoms with Crippen molar-refractivity contribution in [2.45, 2.75) is 13.3 Å². The number of anilines is 1. The summed E-state index contributed by atoms with van der Waals surface area (Å²) in [5, 5.41) is 5.83. The largest absolute Gasteiger partial charge is 0.366 e. The Morgan fingerprint density at radius 1 is 1.20 bits per heavy atom. The molecule has 0 radical (unpaired) electrons. The molecule has 2 N–H and O–H groups in total. The van der Waals surface area contributed by atoms with E-state index in [9.17, 15) is 13.6 Å². The quantitative estimate of drug-likeness (QED) is 0.617. The van der Waals surface area contributed by atoms with Crippen LogP contribution >= 0.6 is 0 Å². The van der Waals surface area contributed by atoms with E-state index in [1.807, 2.05) is 16.7 Å². The van der Waals surface area contributed by atoms with Crippen molar-refractivity contribution in [1.82, 2.24) is 15.5 Å². The number of nitrogens with zero attached hydrogens (tertiary/aromatic N) is 3. The van der Waals surface area contributed by atoms with Gasteiger partial charge in [0.05, 0.1) is 12.2 Å². The first-order valence-corrected chi connectivity index (χ1v) is 8.47. The summed E-state index contributed by atoms with van der Waals surface area (Å²) in [6.45, 7) is 5.10. The first-order valence-electron chi connectivity index (χ1n) is 8.47.